The van der Waals surface area contributed by atoms with Gasteiger partial charge in [0.15, 0.2) is 4.80 Å². The molecule has 168 valence electrons. The molecule has 0 saturated carbocycles. The zero-order valence-electron chi connectivity index (χ0n) is 17.2. The van der Waals surface area contributed by atoms with Gasteiger partial charge in [0.25, 0.3) is 5.91 Å². The molecule has 0 spiro atoms. The summed E-state index contributed by atoms with van der Waals surface area (Å²) in [5.41, 5.74) is 2.06. The Morgan fingerprint density at radius 1 is 1.06 bits per heavy atom. The average Bonchev–Trinajstić information content (AvgIpc) is 3.15. The highest BCUT2D eigenvalue weighted by atomic mass is 32.1. The van der Waals surface area contributed by atoms with Gasteiger partial charge in [-0.1, -0.05) is 48.5 Å². The molecular weight excluding hydrogens is 441 g/mol. The molecule has 32 heavy (non-hydrogen) atoms. The minimum Gasteiger partial charge on any atom is -0.347 e. The van der Waals surface area contributed by atoms with Crippen molar-refractivity contribution in [3.05, 3.63) is 82.1 Å². The number of rotatable bonds is 7. The maximum Gasteiger partial charge on any atom is 0.471 e. The molecular formula is C22H21F3N4O2S. The van der Waals surface area contributed by atoms with Crippen LogP contribution in [0.25, 0.3) is 0 Å². The predicted octanol–water partition coefficient (Wildman–Crippen LogP) is 3.58. The Bertz CT molecular complexity index is 1130. The maximum absolute atomic E-state index is 13.0. The first-order valence-electron chi connectivity index (χ1n) is 9.68. The second-order valence-corrected chi connectivity index (χ2v) is 7.74. The van der Waals surface area contributed by atoms with E-state index < -0.39 is 12.1 Å². The lowest BCUT2D eigenvalue weighted by Gasteiger charge is -2.19. The lowest BCUT2D eigenvalue weighted by molar-refractivity contribution is -0.173. The number of nitrogens with one attached hydrogen (secondary N) is 1. The number of amides is 2. The van der Waals surface area contributed by atoms with Crippen molar-refractivity contribution in [1.82, 2.24) is 14.8 Å². The lowest BCUT2D eigenvalue weighted by Crippen LogP contribution is -2.42. The first-order valence-corrected chi connectivity index (χ1v) is 10.6. The molecule has 0 unspecified atom stereocenters. The number of aromatic nitrogens is 1. The molecule has 3 aromatic rings. The first-order chi connectivity index (χ1) is 15.3. The molecule has 10 heteroatoms. The van der Waals surface area contributed by atoms with E-state index in [4.69, 9.17) is 0 Å². The summed E-state index contributed by atoms with van der Waals surface area (Å²) in [4.78, 5) is 30.5. The molecule has 1 heterocycles. The van der Waals surface area contributed by atoms with Crippen LogP contribution in [0.2, 0.25) is 0 Å². The molecule has 6 nitrogen and oxygen atoms in total. The van der Waals surface area contributed by atoms with Crippen molar-refractivity contribution >= 4 is 28.8 Å². The highest BCUT2D eigenvalue weighted by Gasteiger charge is 2.38. The zero-order valence-corrected chi connectivity index (χ0v) is 18.0. The summed E-state index contributed by atoms with van der Waals surface area (Å²) in [5.74, 6) is -2.41. The number of halogens is 3. The number of benzene rings is 2. The molecule has 0 fully saturated rings. The Balaban J connectivity index is 1.84. The van der Waals surface area contributed by atoms with Crippen molar-refractivity contribution in [2.45, 2.75) is 12.7 Å². The fourth-order valence-electron chi connectivity index (χ4n) is 2.86. The van der Waals surface area contributed by atoms with E-state index in [0.29, 0.717) is 17.0 Å². The van der Waals surface area contributed by atoms with E-state index in [1.165, 1.54) is 23.3 Å². The molecule has 1 N–H and O–H groups in total. The van der Waals surface area contributed by atoms with Crippen LogP contribution < -0.4 is 10.1 Å². The number of hydrogen-bond donors (Lipinski definition) is 1. The van der Waals surface area contributed by atoms with E-state index >= 15 is 0 Å². The molecule has 0 atom stereocenters. The van der Waals surface area contributed by atoms with Gasteiger partial charge in [0.1, 0.15) is 5.69 Å². The molecule has 3 rings (SSSR count). The molecule has 0 aliphatic carbocycles. The van der Waals surface area contributed by atoms with Crippen molar-refractivity contribution in [2.75, 3.05) is 20.1 Å². The SMILES string of the molecule is CN(CCNC(=O)C(F)(F)F)C(=O)c1csc(=Nc2ccccc2)n1Cc1ccccc1. The van der Waals surface area contributed by atoms with E-state index in [9.17, 15) is 22.8 Å². The van der Waals surface area contributed by atoms with Gasteiger partial charge in [0, 0.05) is 25.5 Å². The molecule has 0 aliphatic heterocycles. The van der Waals surface area contributed by atoms with E-state index in [0.717, 1.165) is 11.3 Å². The first kappa shape index (κ1) is 23.3. The van der Waals surface area contributed by atoms with Gasteiger partial charge in [0.05, 0.1) is 12.2 Å². The monoisotopic (exact) mass is 462 g/mol. The van der Waals surface area contributed by atoms with Crippen LogP contribution in [0.5, 0.6) is 0 Å². The van der Waals surface area contributed by atoms with Crippen LogP contribution >= 0.6 is 11.3 Å². The number of alkyl halides is 3. The normalized spacial score (nSPS) is 11.9. The largest absolute Gasteiger partial charge is 0.471 e. The van der Waals surface area contributed by atoms with Crippen molar-refractivity contribution in [2.24, 2.45) is 4.99 Å². The molecule has 0 aliphatic rings. The number of hydrogen-bond acceptors (Lipinski definition) is 4. The van der Waals surface area contributed by atoms with E-state index in [1.807, 2.05) is 60.7 Å². The average molecular weight is 462 g/mol. The van der Waals surface area contributed by atoms with Crippen molar-refractivity contribution in [3.63, 3.8) is 0 Å². The summed E-state index contributed by atoms with van der Waals surface area (Å²) in [6.45, 7) is 0.00732. The summed E-state index contributed by atoms with van der Waals surface area (Å²) >= 11 is 1.30. The molecule has 0 saturated heterocycles. The van der Waals surface area contributed by atoms with Crippen LogP contribution in [0.3, 0.4) is 0 Å². The number of carbonyl (C=O) groups excluding carboxylic acids is 2. The van der Waals surface area contributed by atoms with Gasteiger partial charge >= 0.3 is 12.1 Å². The highest BCUT2D eigenvalue weighted by molar-refractivity contribution is 7.07. The Morgan fingerprint density at radius 2 is 1.69 bits per heavy atom. The van der Waals surface area contributed by atoms with Gasteiger partial charge in [-0.25, -0.2) is 4.99 Å². The Morgan fingerprint density at radius 3 is 2.31 bits per heavy atom. The molecule has 0 radical (unpaired) electrons. The topological polar surface area (TPSA) is 66.7 Å². The maximum atomic E-state index is 13.0. The minimum atomic E-state index is -4.96. The van der Waals surface area contributed by atoms with E-state index in [2.05, 4.69) is 4.99 Å². The number of carbonyl (C=O) groups is 2. The van der Waals surface area contributed by atoms with E-state index in [-0.39, 0.29) is 19.0 Å². The standard InChI is InChI=1S/C22H21F3N4O2S/c1-28(13-12-26-20(31)22(23,24)25)19(30)18-15-32-21(27-17-10-6-3-7-11-17)29(18)14-16-8-4-2-5-9-16/h2-11,15H,12-14H2,1H3,(H,26,31). The van der Waals surface area contributed by atoms with Crippen LogP contribution in [0.4, 0.5) is 18.9 Å². The second kappa shape index (κ2) is 10.3. The third-order valence-electron chi connectivity index (χ3n) is 4.52. The highest BCUT2D eigenvalue weighted by Crippen LogP contribution is 2.15. The summed E-state index contributed by atoms with van der Waals surface area (Å²) in [5, 5.41) is 3.45. The number of thiazole rings is 1. The van der Waals surface area contributed by atoms with Gasteiger partial charge in [-0.15, -0.1) is 11.3 Å². The third kappa shape index (κ3) is 6.07. The van der Waals surface area contributed by atoms with Gasteiger partial charge < -0.3 is 14.8 Å². The van der Waals surface area contributed by atoms with Gasteiger partial charge in [-0.2, -0.15) is 13.2 Å². The van der Waals surface area contributed by atoms with E-state index in [1.54, 1.807) is 15.3 Å². The van der Waals surface area contributed by atoms with Gasteiger partial charge in [-0.3, -0.25) is 9.59 Å². The lowest BCUT2D eigenvalue weighted by atomic mass is 10.2. The van der Waals surface area contributed by atoms with Crippen LogP contribution in [-0.2, 0) is 11.3 Å². The molecule has 0 bridgehead atoms. The van der Waals surface area contributed by atoms with Gasteiger partial charge in [0.2, 0.25) is 0 Å². The number of para-hydroxylation sites is 1. The third-order valence-corrected chi connectivity index (χ3v) is 5.38. The molecule has 2 aromatic carbocycles. The Hall–Kier alpha value is -3.40. The Labute approximate surface area is 186 Å². The smallest absolute Gasteiger partial charge is 0.347 e. The number of likely N-dealkylation sites (N-methyl/N-ethyl adjacent to an activating group) is 1. The van der Waals surface area contributed by atoms with Crippen LogP contribution in [-0.4, -0.2) is 47.6 Å². The quantitative estimate of drug-likeness (QED) is 0.583. The second-order valence-electron chi connectivity index (χ2n) is 6.90. The fourth-order valence-corrected chi connectivity index (χ4v) is 3.75. The summed E-state index contributed by atoms with van der Waals surface area (Å²) in [7, 11) is 1.47. The van der Waals surface area contributed by atoms with Crippen LogP contribution in [0, 0.1) is 0 Å². The summed E-state index contributed by atoms with van der Waals surface area (Å²) in [6.07, 6.45) is -4.96. The molecule has 2 amide bonds. The van der Waals surface area contributed by atoms with Gasteiger partial charge in [-0.05, 0) is 17.7 Å². The fraction of sp³-hybridized carbons (Fsp3) is 0.227. The zero-order chi connectivity index (χ0) is 23.1. The predicted molar refractivity (Wildman–Crippen MR) is 116 cm³/mol. The summed E-state index contributed by atoms with van der Waals surface area (Å²) in [6, 6.07) is 18.9. The molecule has 1 aromatic heterocycles. The van der Waals surface area contributed by atoms with Crippen LogP contribution in [0.15, 0.2) is 71.0 Å². The van der Waals surface area contributed by atoms with Crippen molar-refractivity contribution in [3.8, 4) is 0 Å². The minimum absolute atomic E-state index is 0.0764. The van der Waals surface area contributed by atoms with Crippen molar-refractivity contribution in [1.29, 1.82) is 0 Å². The van der Waals surface area contributed by atoms with Crippen LogP contribution in [0.1, 0.15) is 16.1 Å². The summed E-state index contributed by atoms with van der Waals surface area (Å²) < 4.78 is 38.8. The number of nitrogens with zero attached hydrogens (tertiary/aromatic N) is 3. The van der Waals surface area contributed by atoms with Crippen molar-refractivity contribution < 1.29 is 22.8 Å². The Kier molecular flexibility index (Phi) is 7.47.